The number of aliphatic imine (C=N–C) groups is 1. The van der Waals surface area contributed by atoms with Crippen molar-refractivity contribution in [3.8, 4) is 0 Å². The standard InChI is InChI=1S/C17H28F3N5O2S.HI/c1-6-21-14(23-9-10-25(5)15(26)27-16(2,3)4)22-8-7-13-24-12(11-28-13)17(18,19)20;/h11H,6-10H2,1-5H3,(H2,21,22,23);1H. The van der Waals surface area contributed by atoms with Crippen LogP contribution in [0.25, 0.3) is 0 Å². The van der Waals surface area contributed by atoms with Gasteiger partial charge in [0.05, 0.1) is 5.01 Å². The number of carbonyl (C=O) groups excluding carboxylic acids is 1. The molecule has 0 spiro atoms. The molecule has 1 aromatic heterocycles. The van der Waals surface area contributed by atoms with E-state index >= 15 is 0 Å². The smallest absolute Gasteiger partial charge is 0.434 e. The summed E-state index contributed by atoms with van der Waals surface area (Å²) in [6.07, 6.45) is -4.52. The molecule has 0 atom stereocenters. The number of nitrogens with zero attached hydrogens (tertiary/aromatic N) is 3. The van der Waals surface area contributed by atoms with Crippen LogP contribution in [0.4, 0.5) is 18.0 Å². The van der Waals surface area contributed by atoms with Crippen LogP contribution >= 0.6 is 35.3 Å². The first kappa shape index (κ1) is 27.7. The summed E-state index contributed by atoms with van der Waals surface area (Å²) < 4.78 is 43.0. The molecule has 0 aromatic carbocycles. The minimum Gasteiger partial charge on any atom is -0.444 e. The number of aromatic nitrogens is 1. The van der Waals surface area contributed by atoms with Gasteiger partial charge in [-0.05, 0) is 27.7 Å². The molecule has 1 heterocycles. The zero-order valence-electron chi connectivity index (χ0n) is 17.2. The van der Waals surface area contributed by atoms with E-state index in [1.54, 1.807) is 27.8 Å². The molecule has 0 saturated heterocycles. The fourth-order valence-corrected chi connectivity index (χ4v) is 2.73. The van der Waals surface area contributed by atoms with Crippen LogP contribution in [-0.4, -0.2) is 60.8 Å². The number of thiazole rings is 1. The topological polar surface area (TPSA) is 78.9 Å². The Hall–Kier alpha value is -1.31. The summed E-state index contributed by atoms with van der Waals surface area (Å²) in [7, 11) is 1.64. The van der Waals surface area contributed by atoms with Crippen molar-refractivity contribution in [1.82, 2.24) is 20.5 Å². The highest BCUT2D eigenvalue weighted by Gasteiger charge is 2.33. The van der Waals surface area contributed by atoms with E-state index in [1.165, 1.54) is 4.90 Å². The SMILES string of the molecule is CCNC(=NCCc1nc(C(F)(F)F)cs1)NCCN(C)C(=O)OC(C)(C)C.I. The predicted octanol–water partition coefficient (Wildman–Crippen LogP) is 3.74. The lowest BCUT2D eigenvalue weighted by molar-refractivity contribution is -0.140. The first-order valence-corrected chi connectivity index (χ1v) is 9.78. The Morgan fingerprint density at radius 2 is 1.97 bits per heavy atom. The average molecular weight is 551 g/mol. The number of ether oxygens (including phenoxy) is 1. The van der Waals surface area contributed by atoms with Crippen molar-refractivity contribution in [2.75, 3.05) is 33.2 Å². The molecular weight excluding hydrogens is 522 g/mol. The fraction of sp³-hybridized carbons (Fsp3) is 0.706. The number of alkyl halides is 3. The maximum absolute atomic E-state index is 12.6. The van der Waals surface area contributed by atoms with Gasteiger partial charge in [-0.2, -0.15) is 13.2 Å². The first-order valence-electron chi connectivity index (χ1n) is 8.90. The Morgan fingerprint density at radius 1 is 1.31 bits per heavy atom. The number of halogens is 4. The van der Waals surface area contributed by atoms with E-state index in [-0.39, 0.29) is 24.0 Å². The van der Waals surface area contributed by atoms with Crippen molar-refractivity contribution in [3.05, 3.63) is 16.1 Å². The maximum atomic E-state index is 12.6. The van der Waals surface area contributed by atoms with Gasteiger partial charge >= 0.3 is 12.3 Å². The average Bonchev–Trinajstić information content (AvgIpc) is 3.02. The second-order valence-corrected chi connectivity index (χ2v) is 7.91. The minimum absolute atomic E-state index is 0. The number of hydrogen-bond donors (Lipinski definition) is 2. The van der Waals surface area contributed by atoms with Crippen LogP contribution in [0.2, 0.25) is 0 Å². The van der Waals surface area contributed by atoms with E-state index in [0.29, 0.717) is 43.6 Å². The summed E-state index contributed by atoms with van der Waals surface area (Å²) in [5.74, 6) is 0.521. The van der Waals surface area contributed by atoms with Crippen molar-refractivity contribution in [2.24, 2.45) is 4.99 Å². The summed E-state index contributed by atoms with van der Waals surface area (Å²) >= 11 is 0.972. The maximum Gasteiger partial charge on any atom is 0.434 e. The van der Waals surface area contributed by atoms with Crippen molar-refractivity contribution >= 4 is 47.4 Å². The molecule has 0 aliphatic carbocycles. The number of guanidine groups is 1. The number of amides is 1. The molecule has 0 bridgehead atoms. The van der Waals surface area contributed by atoms with Gasteiger partial charge in [0.2, 0.25) is 0 Å². The Balaban J connectivity index is 0.00000784. The van der Waals surface area contributed by atoms with Crippen molar-refractivity contribution in [3.63, 3.8) is 0 Å². The Morgan fingerprint density at radius 3 is 2.48 bits per heavy atom. The van der Waals surface area contributed by atoms with Gasteiger partial charge in [0.25, 0.3) is 0 Å². The predicted molar refractivity (Wildman–Crippen MR) is 119 cm³/mol. The zero-order chi connectivity index (χ0) is 21.4. The molecule has 0 fully saturated rings. The molecule has 1 amide bonds. The van der Waals surface area contributed by atoms with E-state index in [9.17, 15) is 18.0 Å². The summed E-state index contributed by atoms with van der Waals surface area (Å²) in [6, 6.07) is 0. The number of nitrogens with one attached hydrogen (secondary N) is 2. The van der Waals surface area contributed by atoms with Gasteiger partial charge < -0.3 is 20.3 Å². The molecule has 2 N–H and O–H groups in total. The summed E-state index contributed by atoms with van der Waals surface area (Å²) in [6.45, 7) is 9.07. The van der Waals surface area contributed by atoms with Gasteiger partial charge in [-0.1, -0.05) is 0 Å². The van der Waals surface area contributed by atoms with E-state index in [0.717, 1.165) is 16.7 Å². The lowest BCUT2D eigenvalue weighted by atomic mass is 10.2. The van der Waals surface area contributed by atoms with E-state index < -0.39 is 23.6 Å². The third-order valence-corrected chi connectivity index (χ3v) is 4.14. The van der Waals surface area contributed by atoms with Gasteiger partial charge in [0.1, 0.15) is 5.60 Å². The van der Waals surface area contributed by atoms with Crippen LogP contribution in [-0.2, 0) is 17.3 Å². The molecule has 0 unspecified atom stereocenters. The summed E-state index contributed by atoms with van der Waals surface area (Å²) in [4.78, 5) is 21.3. The van der Waals surface area contributed by atoms with E-state index in [4.69, 9.17) is 4.74 Å². The van der Waals surface area contributed by atoms with Gasteiger partial charge in [-0.25, -0.2) is 9.78 Å². The van der Waals surface area contributed by atoms with Crippen LogP contribution in [0.15, 0.2) is 10.4 Å². The highest BCUT2D eigenvalue weighted by atomic mass is 127. The molecule has 7 nitrogen and oxygen atoms in total. The number of carbonyl (C=O) groups is 1. The van der Waals surface area contributed by atoms with Gasteiger partial charge in [0.15, 0.2) is 11.7 Å². The van der Waals surface area contributed by atoms with Crippen molar-refractivity contribution < 1.29 is 22.7 Å². The van der Waals surface area contributed by atoms with Gasteiger partial charge in [0, 0.05) is 45.0 Å². The Labute approximate surface area is 190 Å². The van der Waals surface area contributed by atoms with Crippen LogP contribution < -0.4 is 10.6 Å². The first-order chi connectivity index (χ1) is 12.9. The van der Waals surface area contributed by atoms with Crippen molar-refractivity contribution in [1.29, 1.82) is 0 Å². The zero-order valence-corrected chi connectivity index (χ0v) is 20.4. The molecule has 1 aromatic rings. The molecule has 1 rings (SSSR count). The third-order valence-electron chi connectivity index (χ3n) is 3.23. The second-order valence-electron chi connectivity index (χ2n) is 6.96. The van der Waals surface area contributed by atoms with Crippen LogP contribution in [0.3, 0.4) is 0 Å². The van der Waals surface area contributed by atoms with Crippen LogP contribution in [0, 0.1) is 0 Å². The highest BCUT2D eigenvalue weighted by Crippen LogP contribution is 2.30. The van der Waals surface area contributed by atoms with E-state index in [2.05, 4.69) is 20.6 Å². The van der Waals surface area contributed by atoms with E-state index in [1.807, 2.05) is 6.92 Å². The molecule has 12 heteroatoms. The molecule has 0 radical (unpaired) electrons. The lowest BCUT2D eigenvalue weighted by Crippen LogP contribution is -2.43. The molecule has 0 saturated carbocycles. The van der Waals surface area contributed by atoms with Crippen LogP contribution in [0.1, 0.15) is 38.4 Å². The quantitative estimate of drug-likeness (QED) is 0.307. The molecule has 0 aliphatic heterocycles. The van der Waals surface area contributed by atoms with Gasteiger partial charge in [-0.15, -0.1) is 35.3 Å². The summed E-state index contributed by atoms with van der Waals surface area (Å²) in [5.41, 5.74) is -1.43. The summed E-state index contributed by atoms with van der Waals surface area (Å²) in [5, 5.41) is 7.52. The lowest BCUT2D eigenvalue weighted by Gasteiger charge is -2.24. The fourth-order valence-electron chi connectivity index (χ4n) is 1.93. The molecular formula is C17H29F3IN5O2S. The molecule has 168 valence electrons. The van der Waals surface area contributed by atoms with Crippen LogP contribution in [0.5, 0.6) is 0 Å². The monoisotopic (exact) mass is 551 g/mol. The molecule has 29 heavy (non-hydrogen) atoms. The number of hydrogen-bond acceptors (Lipinski definition) is 5. The minimum atomic E-state index is -4.42. The highest BCUT2D eigenvalue weighted by molar-refractivity contribution is 14.0. The molecule has 0 aliphatic rings. The third kappa shape index (κ3) is 11.5. The number of rotatable bonds is 7. The normalized spacial score (nSPS) is 12.2. The largest absolute Gasteiger partial charge is 0.444 e. The number of likely N-dealkylation sites (N-methyl/N-ethyl adjacent to an activating group) is 1. The van der Waals surface area contributed by atoms with Gasteiger partial charge in [-0.3, -0.25) is 4.99 Å². The Kier molecular flexibility index (Phi) is 11.8. The second kappa shape index (κ2) is 12.4. The Bertz CT molecular complexity index is 662. The van der Waals surface area contributed by atoms with Crippen molar-refractivity contribution in [2.45, 2.75) is 45.9 Å².